The van der Waals surface area contributed by atoms with Crippen LogP contribution >= 0.6 is 0 Å². The van der Waals surface area contributed by atoms with Crippen molar-refractivity contribution in [1.82, 2.24) is 5.32 Å². The molecule has 1 N–H and O–H groups in total. The highest BCUT2D eigenvalue weighted by Crippen LogP contribution is 2.15. The number of hydrogen-bond acceptors (Lipinski definition) is 2. The van der Waals surface area contributed by atoms with Crippen molar-refractivity contribution in [3.63, 3.8) is 0 Å². The second-order valence-corrected chi connectivity index (χ2v) is 5.68. The molecule has 1 rings (SSSR count). The first-order valence-corrected chi connectivity index (χ1v) is 6.37. The van der Waals surface area contributed by atoms with Crippen LogP contribution in [-0.4, -0.2) is 24.9 Å². The Kier molecular flexibility index (Phi) is 4.70. The van der Waals surface area contributed by atoms with Crippen molar-refractivity contribution in [3.8, 4) is 0 Å². The van der Waals surface area contributed by atoms with Gasteiger partial charge in [0, 0.05) is 18.2 Å². The van der Waals surface area contributed by atoms with Gasteiger partial charge < -0.3 is 10.2 Å². The molecule has 1 aromatic carbocycles. The van der Waals surface area contributed by atoms with E-state index in [9.17, 15) is 9.59 Å². The van der Waals surface area contributed by atoms with Gasteiger partial charge in [0.1, 0.15) is 6.04 Å². The smallest absolute Gasteiger partial charge is 0.249 e. The van der Waals surface area contributed by atoms with E-state index in [-0.39, 0.29) is 11.8 Å². The Balaban J connectivity index is 2.70. The van der Waals surface area contributed by atoms with Gasteiger partial charge in [-0.25, -0.2) is 0 Å². The topological polar surface area (TPSA) is 49.4 Å². The molecule has 0 fully saturated rings. The number of nitrogens with one attached hydrogen (secondary N) is 1. The summed E-state index contributed by atoms with van der Waals surface area (Å²) in [4.78, 5) is 25.6. The van der Waals surface area contributed by atoms with Crippen molar-refractivity contribution in [2.75, 3.05) is 11.9 Å². The predicted octanol–water partition coefficient (Wildman–Crippen LogP) is 2.20. The molecule has 1 aromatic rings. The molecule has 4 heteroatoms. The molecular weight excluding hydrogens is 240 g/mol. The summed E-state index contributed by atoms with van der Waals surface area (Å²) >= 11 is 0. The van der Waals surface area contributed by atoms with E-state index in [4.69, 9.17) is 0 Å². The molecule has 2 amide bonds. The van der Waals surface area contributed by atoms with E-state index in [1.165, 1.54) is 0 Å². The van der Waals surface area contributed by atoms with Crippen molar-refractivity contribution >= 4 is 17.5 Å². The predicted molar refractivity (Wildman–Crippen MR) is 76.9 cm³/mol. The summed E-state index contributed by atoms with van der Waals surface area (Å²) in [5, 5.41) is 2.74. The molecule has 104 valence electrons. The van der Waals surface area contributed by atoms with E-state index in [1.807, 2.05) is 51.1 Å². The van der Waals surface area contributed by atoms with Crippen molar-refractivity contribution in [3.05, 3.63) is 30.3 Å². The number of likely N-dealkylation sites (N-methyl/N-ethyl adjacent to an activating group) is 1. The van der Waals surface area contributed by atoms with E-state index >= 15 is 0 Å². The summed E-state index contributed by atoms with van der Waals surface area (Å²) in [7, 11) is 1.71. The van der Waals surface area contributed by atoms with Gasteiger partial charge in [-0.15, -0.1) is 0 Å². The Morgan fingerprint density at radius 1 is 1.16 bits per heavy atom. The van der Waals surface area contributed by atoms with Crippen LogP contribution in [0.3, 0.4) is 0 Å². The fourth-order valence-electron chi connectivity index (χ4n) is 1.54. The van der Waals surface area contributed by atoms with Crippen LogP contribution in [0.15, 0.2) is 30.3 Å². The molecule has 0 aliphatic rings. The first-order valence-electron chi connectivity index (χ1n) is 6.37. The average Bonchev–Trinajstić information content (AvgIpc) is 2.36. The highest BCUT2D eigenvalue weighted by molar-refractivity contribution is 5.98. The number of carbonyl (C=O) groups excluding carboxylic acids is 2. The molecule has 19 heavy (non-hydrogen) atoms. The summed E-state index contributed by atoms with van der Waals surface area (Å²) in [6.45, 7) is 7.16. The SMILES string of the molecule is CC(NC(=O)C(C)(C)C)C(=O)N(C)c1ccccc1. The summed E-state index contributed by atoms with van der Waals surface area (Å²) in [6, 6.07) is 8.81. The number of carbonyl (C=O) groups is 2. The number of para-hydroxylation sites is 1. The lowest BCUT2D eigenvalue weighted by atomic mass is 9.95. The molecule has 0 saturated heterocycles. The van der Waals surface area contributed by atoms with Crippen molar-refractivity contribution in [2.45, 2.75) is 33.7 Å². The highest BCUT2D eigenvalue weighted by atomic mass is 16.2. The number of anilines is 1. The molecule has 0 heterocycles. The molecule has 0 aromatic heterocycles. The minimum atomic E-state index is -0.545. The van der Waals surface area contributed by atoms with Gasteiger partial charge in [-0.1, -0.05) is 39.0 Å². The third kappa shape index (κ3) is 4.09. The monoisotopic (exact) mass is 262 g/mol. The fourth-order valence-corrected chi connectivity index (χ4v) is 1.54. The third-order valence-corrected chi connectivity index (χ3v) is 2.87. The number of hydrogen-bond donors (Lipinski definition) is 1. The summed E-state index contributed by atoms with van der Waals surface area (Å²) in [5.74, 6) is -0.265. The van der Waals surface area contributed by atoms with E-state index < -0.39 is 11.5 Å². The zero-order chi connectivity index (χ0) is 14.6. The second-order valence-electron chi connectivity index (χ2n) is 5.68. The van der Waals surface area contributed by atoms with E-state index in [0.717, 1.165) is 5.69 Å². The van der Waals surface area contributed by atoms with Gasteiger partial charge in [-0.2, -0.15) is 0 Å². The molecule has 0 aliphatic carbocycles. The maximum Gasteiger partial charge on any atom is 0.249 e. The zero-order valence-electron chi connectivity index (χ0n) is 12.2. The van der Waals surface area contributed by atoms with Crippen molar-refractivity contribution < 1.29 is 9.59 Å². The molecule has 1 atom stereocenters. The molecule has 0 saturated carbocycles. The molecule has 4 nitrogen and oxygen atoms in total. The summed E-state index contributed by atoms with van der Waals surface area (Å²) in [5.41, 5.74) is 0.309. The molecule has 0 aliphatic heterocycles. The molecule has 0 bridgehead atoms. The van der Waals surface area contributed by atoms with Crippen LogP contribution in [0.25, 0.3) is 0 Å². The second kappa shape index (κ2) is 5.87. The zero-order valence-corrected chi connectivity index (χ0v) is 12.2. The Bertz CT molecular complexity index is 449. The van der Waals surface area contributed by atoms with Gasteiger partial charge in [-0.3, -0.25) is 9.59 Å². The van der Waals surface area contributed by atoms with Crippen LogP contribution in [0.1, 0.15) is 27.7 Å². The minimum Gasteiger partial charge on any atom is -0.344 e. The van der Waals surface area contributed by atoms with Gasteiger partial charge in [0.25, 0.3) is 0 Å². The van der Waals surface area contributed by atoms with Crippen LogP contribution < -0.4 is 10.2 Å². The first kappa shape index (κ1) is 15.2. The Hall–Kier alpha value is -1.84. The summed E-state index contributed by atoms with van der Waals surface area (Å²) in [6.07, 6.45) is 0. The molecule has 1 unspecified atom stereocenters. The minimum absolute atomic E-state index is 0.130. The molecular formula is C15H22N2O2. The van der Waals surface area contributed by atoms with Gasteiger partial charge in [0.2, 0.25) is 11.8 Å². The summed E-state index contributed by atoms with van der Waals surface area (Å²) < 4.78 is 0. The highest BCUT2D eigenvalue weighted by Gasteiger charge is 2.26. The largest absolute Gasteiger partial charge is 0.344 e. The van der Waals surface area contributed by atoms with Crippen LogP contribution in [-0.2, 0) is 9.59 Å². The standard InChI is InChI=1S/C15H22N2O2/c1-11(16-14(19)15(2,3)4)13(18)17(5)12-9-7-6-8-10-12/h6-11H,1-5H3,(H,16,19). The van der Waals surface area contributed by atoms with Gasteiger partial charge >= 0.3 is 0 Å². The Labute approximate surface area is 114 Å². The maximum atomic E-state index is 12.2. The number of rotatable bonds is 3. The van der Waals surface area contributed by atoms with Crippen LogP contribution in [0.2, 0.25) is 0 Å². The van der Waals surface area contributed by atoms with E-state index in [0.29, 0.717) is 0 Å². The lowest BCUT2D eigenvalue weighted by Gasteiger charge is -2.25. The van der Waals surface area contributed by atoms with Crippen LogP contribution in [0, 0.1) is 5.41 Å². The molecule has 0 spiro atoms. The van der Waals surface area contributed by atoms with Crippen LogP contribution in [0.4, 0.5) is 5.69 Å². The van der Waals surface area contributed by atoms with E-state index in [1.54, 1.807) is 18.9 Å². The Morgan fingerprint density at radius 3 is 2.16 bits per heavy atom. The number of amides is 2. The maximum absolute atomic E-state index is 12.2. The average molecular weight is 262 g/mol. The van der Waals surface area contributed by atoms with Crippen molar-refractivity contribution in [1.29, 1.82) is 0 Å². The van der Waals surface area contributed by atoms with Gasteiger partial charge in [0.15, 0.2) is 0 Å². The third-order valence-electron chi connectivity index (χ3n) is 2.87. The first-order chi connectivity index (χ1) is 8.73. The van der Waals surface area contributed by atoms with E-state index in [2.05, 4.69) is 5.32 Å². The lowest BCUT2D eigenvalue weighted by Crippen LogP contribution is -2.48. The normalized spacial score (nSPS) is 12.7. The fraction of sp³-hybridized carbons (Fsp3) is 0.467. The quantitative estimate of drug-likeness (QED) is 0.908. The lowest BCUT2D eigenvalue weighted by molar-refractivity contribution is -0.132. The molecule has 0 radical (unpaired) electrons. The van der Waals surface area contributed by atoms with Crippen LogP contribution in [0.5, 0.6) is 0 Å². The van der Waals surface area contributed by atoms with Gasteiger partial charge in [0.05, 0.1) is 0 Å². The van der Waals surface area contributed by atoms with Crippen molar-refractivity contribution in [2.24, 2.45) is 5.41 Å². The number of benzene rings is 1. The van der Waals surface area contributed by atoms with Gasteiger partial charge in [-0.05, 0) is 19.1 Å². The number of nitrogens with zero attached hydrogens (tertiary/aromatic N) is 1. The Morgan fingerprint density at radius 2 is 1.68 bits per heavy atom.